The fourth-order valence-corrected chi connectivity index (χ4v) is 1.73. The smallest absolute Gasteiger partial charge is 0.237 e. The maximum Gasteiger partial charge on any atom is 0.237 e. The Morgan fingerprint density at radius 3 is 2.47 bits per heavy atom. The molecular formula is C16H22N2O. The molecule has 0 aromatic heterocycles. The van der Waals surface area contributed by atoms with Crippen LogP contribution in [0.3, 0.4) is 0 Å². The normalized spacial score (nSPS) is 12.5. The second-order valence-electron chi connectivity index (χ2n) is 5.97. The molecule has 1 amide bonds. The summed E-state index contributed by atoms with van der Waals surface area (Å²) in [6.45, 7) is 7.01. The van der Waals surface area contributed by atoms with Gasteiger partial charge >= 0.3 is 0 Å². The Kier molecular flexibility index (Phi) is 5.57. The predicted molar refractivity (Wildman–Crippen MR) is 76.3 cm³/mol. The van der Waals surface area contributed by atoms with E-state index in [-0.39, 0.29) is 11.3 Å². The lowest BCUT2D eigenvalue weighted by molar-refractivity contribution is -0.123. The van der Waals surface area contributed by atoms with E-state index in [2.05, 4.69) is 32.2 Å². The van der Waals surface area contributed by atoms with Crippen LogP contribution in [0.15, 0.2) is 30.3 Å². The summed E-state index contributed by atoms with van der Waals surface area (Å²) < 4.78 is 0. The molecule has 1 aromatic carbocycles. The average Bonchev–Trinajstić information content (AvgIpc) is 2.35. The molecule has 0 aliphatic rings. The molecular weight excluding hydrogens is 236 g/mol. The molecule has 0 saturated heterocycles. The van der Waals surface area contributed by atoms with Crippen molar-refractivity contribution in [2.24, 2.45) is 11.3 Å². The van der Waals surface area contributed by atoms with Gasteiger partial charge in [-0.15, -0.1) is 0 Å². The van der Waals surface area contributed by atoms with Gasteiger partial charge in [-0.25, -0.2) is 0 Å². The lowest BCUT2D eigenvalue weighted by atomic mass is 9.92. The van der Waals surface area contributed by atoms with Crippen molar-refractivity contribution in [2.45, 2.75) is 33.6 Å². The number of nitrogens with zero attached hydrogens (tertiary/aromatic N) is 1. The van der Waals surface area contributed by atoms with Crippen molar-refractivity contribution in [3.8, 4) is 6.07 Å². The molecule has 0 radical (unpaired) electrons. The number of carbonyl (C=O) groups is 1. The van der Waals surface area contributed by atoms with E-state index in [0.717, 1.165) is 12.0 Å². The van der Waals surface area contributed by atoms with E-state index in [4.69, 9.17) is 5.26 Å². The maximum absolute atomic E-state index is 11.9. The fraction of sp³-hybridized carbons (Fsp3) is 0.500. The van der Waals surface area contributed by atoms with Gasteiger partial charge in [0.25, 0.3) is 0 Å². The molecule has 3 nitrogen and oxygen atoms in total. The zero-order valence-corrected chi connectivity index (χ0v) is 11.9. The van der Waals surface area contributed by atoms with E-state index in [1.54, 1.807) is 0 Å². The molecule has 1 unspecified atom stereocenters. The molecule has 1 N–H and O–H groups in total. The van der Waals surface area contributed by atoms with Crippen molar-refractivity contribution in [3.05, 3.63) is 35.9 Å². The van der Waals surface area contributed by atoms with E-state index < -0.39 is 5.92 Å². The van der Waals surface area contributed by atoms with Gasteiger partial charge in [0.2, 0.25) is 5.91 Å². The van der Waals surface area contributed by atoms with E-state index >= 15 is 0 Å². The fourth-order valence-electron chi connectivity index (χ4n) is 1.73. The Morgan fingerprint density at radius 2 is 1.95 bits per heavy atom. The number of benzene rings is 1. The van der Waals surface area contributed by atoms with Crippen molar-refractivity contribution in [1.82, 2.24) is 5.32 Å². The lowest BCUT2D eigenvalue weighted by Crippen LogP contribution is -2.33. The molecule has 0 heterocycles. The molecule has 0 fully saturated rings. The lowest BCUT2D eigenvalue weighted by Gasteiger charge is -2.18. The van der Waals surface area contributed by atoms with Crippen LogP contribution in [0, 0.1) is 22.7 Å². The van der Waals surface area contributed by atoms with Gasteiger partial charge in [0, 0.05) is 6.54 Å². The van der Waals surface area contributed by atoms with Gasteiger partial charge in [0.15, 0.2) is 0 Å². The van der Waals surface area contributed by atoms with E-state index in [9.17, 15) is 4.79 Å². The first-order valence-electron chi connectivity index (χ1n) is 6.63. The number of rotatable bonds is 5. The standard InChI is InChI=1S/C16H22N2O/c1-16(2,3)9-10-18-15(19)14(12-17)11-13-7-5-4-6-8-13/h4-8,14H,9-11H2,1-3H3,(H,18,19). The van der Waals surface area contributed by atoms with Crippen LogP contribution in [0.4, 0.5) is 0 Å². The van der Waals surface area contributed by atoms with Gasteiger partial charge in [0.1, 0.15) is 5.92 Å². The second-order valence-corrected chi connectivity index (χ2v) is 5.97. The zero-order valence-electron chi connectivity index (χ0n) is 11.9. The van der Waals surface area contributed by atoms with Gasteiger partial charge in [-0.1, -0.05) is 51.1 Å². The molecule has 1 rings (SSSR count). The summed E-state index contributed by atoms with van der Waals surface area (Å²) in [5, 5.41) is 12.0. The minimum Gasteiger partial charge on any atom is -0.355 e. The molecule has 102 valence electrons. The van der Waals surface area contributed by atoms with Crippen LogP contribution in [0.5, 0.6) is 0 Å². The van der Waals surface area contributed by atoms with Crippen LogP contribution >= 0.6 is 0 Å². The zero-order chi connectivity index (χ0) is 14.3. The van der Waals surface area contributed by atoms with Gasteiger partial charge in [-0.2, -0.15) is 5.26 Å². The highest BCUT2D eigenvalue weighted by Gasteiger charge is 2.18. The number of nitrogens with one attached hydrogen (secondary N) is 1. The van der Waals surface area contributed by atoms with E-state index in [1.807, 2.05) is 30.3 Å². The minimum absolute atomic E-state index is 0.171. The van der Waals surface area contributed by atoms with Gasteiger partial charge in [-0.05, 0) is 23.8 Å². The number of hydrogen-bond donors (Lipinski definition) is 1. The van der Waals surface area contributed by atoms with Crippen molar-refractivity contribution < 1.29 is 4.79 Å². The van der Waals surface area contributed by atoms with Crippen molar-refractivity contribution in [1.29, 1.82) is 5.26 Å². The topological polar surface area (TPSA) is 52.9 Å². The Hall–Kier alpha value is -1.82. The second kappa shape index (κ2) is 6.94. The van der Waals surface area contributed by atoms with Crippen molar-refractivity contribution >= 4 is 5.91 Å². The molecule has 0 saturated carbocycles. The van der Waals surface area contributed by atoms with E-state index in [0.29, 0.717) is 13.0 Å². The molecule has 3 heteroatoms. The Balaban J connectivity index is 2.47. The SMILES string of the molecule is CC(C)(C)CCNC(=O)C(C#N)Cc1ccccc1. The summed E-state index contributed by atoms with van der Waals surface area (Å²) in [5.41, 5.74) is 1.20. The maximum atomic E-state index is 11.9. The van der Waals surface area contributed by atoms with Gasteiger partial charge in [-0.3, -0.25) is 4.79 Å². The first-order chi connectivity index (χ1) is 8.92. The van der Waals surface area contributed by atoms with Crippen LogP contribution in [0.2, 0.25) is 0 Å². The minimum atomic E-state index is -0.609. The third kappa shape index (κ3) is 6.05. The number of hydrogen-bond acceptors (Lipinski definition) is 2. The van der Waals surface area contributed by atoms with E-state index in [1.165, 1.54) is 0 Å². The van der Waals surface area contributed by atoms with Crippen LogP contribution in [0.1, 0.15) is 32.8 Å². The Bertz CT molecular complexity index is 440. The van der Waals surface area contributed by atoms with Crippen molar-refractivity contribution in [3.63, 3.8) is 0 Å². The molecule has 19 heavy (non-hydrogen) atoms. The van der Waals surface area contributed by atoms with Gasteiger partial charge < -0.3 is 5.32 Å². The average molecular weight is 258 g/mol. The highest BCUT2D eigenvalue weighted by atomic mass is 16.1. The molecule has 0 aliphatic carbocycles. The van der Waals surface area contributed by atoms with Gasteiger partial charge in [0.05, 0.1) is 6.07 Å². The van der Waals surface area contributed by atoms with Crippen LogP contribution < -0.4 is 5.32 Å². The highest BCUT2D eigenvalue weighted by Crippen LogP contribution is 2.17. The summed E-state index contributed by atoms with van der Waals surface area (Å²) >= 11 is 0. The molecule has 1 atom stereocenters. The molecule has 0 aliphatic heterocycles. The third-order valence-electron chi connectivity index (χ3n) is 2.93. The quantitative estimate of drug-likeness (QED) is 0.882. The Morgan fingerprint density at radius 1 is 1.32 bits per heavy atom. The summed E-state index contributed by atoms with van der Waals surface area (Å²) in [7, 11) is 0. The first-order valence-corrected chi connectivity index (χ1v) is 6.63. The summed E-state index contributed by atoms with van der Waals surface area (Å²) in [5.74, 6) is -0.780. The monoisotopic (exact) mass is 258 g/mol. The van der Waals surface area contributed by atoms with Crippen molar-refractivity contribution in [2.75, 3.05) is 6.54 Å². The first kappa shape index (κ1) is 15.2. The predicted octanol–water partition coefficient (Wildman–Crippen LogP) is 2.92. The number of amides is 1. The van der Waals surface area contributed by atoms with Crippen LogP contribution in [0.25, 0.3) is 0 Å². The summed E-state index contributed by atoms with van der Waals surface area (Å²) in [4.78, 5) is 11.9. The van der Waals surface area contributed by atoms with Crippen LogP contribution in [-0.4, -0.2) is 12.5 Å². The summed E-state index contributed by atoms with van der Waals surface area (Å²) in [6.07, 6.45) is 1.38. The number of nitriles is 1. The summed E-state index contributed by atoms with van der Waals surface area (Å²) in [6, 6.07) is 11.7. The Labute approximate surface area is 115 Å². The molecule has 0 bridgehead atoms. The van der Waals surface area contributed by atoms with Crippen LogP contribution in [-0.2, 0) is 11.2 Å². The highest BCUT2D eigenvalue weighted by molar-refractivity contribution is 5.81. The third-order valence-corrected chi connectivity index (χ3v) is 2.93. The number of carbonyl (C=O) groups excluding carboxylic acids is 1. The molecule has 0 spiro atoms. The molecule has 1 aromatic rings. The largest absolute Gasteiger partial charge is 0.355 e.